The summed E-state index contributed by atoms with van der Waals surface area (Å²) in [5.74, 6) is 1.18. The van der Waals surface area contributed by atoms with Crippen molar-refractivity contribution in [3.63, 3.8) is 0 Å². The molecule has 0 aromatic carbocycles. The van der Waals surface area contributed by atoms with Gasteiger partial charge >= 0.3 is 0 Å². The molecule has 2 saturated heterocycles. The molecule has 9 heteroatoms. The second-order valence-corrected chi connectivity index (χ2v) is 8.58. The third-order valence-electron chi connectivity index (χ3n) is 4.19. The summed E-state index contributed by atoms with van der Waals surface area (Å²) in [5, 5.41) is 2.75. The fourth-order valence-corrected chi connectivity index (χ4v) is 4.65. The molecule has 2 fully saturated rings. The van der Waals surface area contributed by atoms with Crippen LogP contribution in [0.4, 0.5) is 0 Å². The lowest BCUT2D eigenvalue weighted by Crippen LogP contribution is -2.43. The van der Waals surface area contributed by atoms with Gasteiger partial charge in [-0.2, -0.15) is 0 Å². The molecule has 3 N–H and O–H groups in total. The molecule has 7 nitrogen and oxygen atoms in total. The van der Waals surface area contributed by atoms with Crippen LogP contribution in [0.2, 0.25) is 0 Å². The summed E-state index contributed by atoms with van der Waals surface area (Å²) in [7, 11) is -2.96. The molecule has 0 bridgehead atoms. The summed E-state index contributed by atoms with van der Waals surface area (Å²) in [4.78, 5) is 18.1. The highest BCUT2D eigenvalue weighted by Gasteiger charge is 2.28. The number of hydrogen-bond donors (Lipinski definition) is 2. The number of nitrogens with one attached hydrogen (secondary N) is 1. The number of nitrogens with two attached hydrogens (primary N) is 1. The van der Waals surface area contributed by atoms with Crippen LogP contribution in [-0.4, -0.2) is 62.4 Å². The van der Waals surface area contributed by atoms with Crippen LogP contribution >= 0.6 is 24.0 Å². The molecule has 2 rings (SSSR count). The Morgan fingerprint density at radius 2 is 2.13 bits per heavy atom. The van der Waals surface area contributed by atoms with E-state index in [1.807, 2.05) is 0 Å². The van der Waals surface area contributed by atoms with Gasteiger partial charge in [-0.1, -0.05) is 6.92 Å². The van der Waals surface area contributed by atoms with Crippen LogP contribution in [0.15, 0.2) is 4.99 Å². The Kier molecular flexibility index (Phi) is 8.05. The predicted molar refractivity (Wildman–Crippen MR) is 102 cm³/mol. The zero-order valence-electron chi connectivity index (χ0n) is 13.5. The third kappa shape index (κ3) is 6.82. The predicted octanol–water partition coefficient (Wildman–Crippen LogP) is 0.344. The van der Waals surface area contributed by atoms with E-state index < -0.39 is 9.84 Å². The number of likely N-dealkylation sites (tertiary alicyclic amines) is 1. The van der Waals surface area contributed by atoms with Crippen molar-refractivity contribution in [2.24, 2.45) is 16.6 Å². The summed E-state index contributed by atoms with van der Waals surface area (Å²) in [6.45, 7) is 4.37. The number of rotatable bonds is 4. The van der Waals surface area contributed by atoms with Crippen LogP contribution in [0.25, 0.3) is 0 Å². The molecular weight excluding hydrogens is 431 g/mol. The van der Waals surface area contributed by atoms with Crippen molar-refractivity contribution in [2.45, 2.75) is 38.6 Å². The molecule has 2 atom stereocenters. The highest BCUT2D eigenvalue weighted by Crippen LogP contribution is 2.15. The maximum atomic E-state index is 11.8. The van der Waals surface area contributed by atoms with E-state index in [0.717, 1.165) is 19.5 Å². The second-order valence-electron chi connectivity index (χ2n) is 6.35. The Morgan fingerprint density at radius 1 is 1.39 bits per heavy atom. The lowest BCUT2D eigenvalue weighted by atomic mass is 10.0. The SMILES string of the molecule is CC1CCCN(C(N)=NCCC(=O)NC2CCS(=O)(=O)C2)C1.I. The van der Waals surface area contributed by atoms with Crippen molar-refractivity contribution in [1.29, 1.82) is 0 Å². The number of guanidine groups is 1. The van der Waals surface area contributed by atoms with E-state index in [1.54, 1.807) is 0 Å². The standard InChI is InChI=1S/C14H26N4O3S.HI/c1-11-3-2-7-18(9-11)14(15)16-6-4-13(19)17-12-5-8-22(20,21)10-12;/h11-12H,2-10H2,1H3,(H2,15,16)(H,17,19);1H. The zero-order chi connectivity index (χ0) is 16.2. The molecule has 0 radical (unpaired) electrons. The molecule has 0 aromatic heterocycles. The molecule has 0 aromatic rings. The summed E-state index contributed by atoms with van der Waals surface area (Å²) < 4.78 is 22.7. The van der Waals surface area contributed by atoms with Gasteiger partial charge < -0.3 is 16.0 Å². The molecule has 2 aliphatic rings. The lowest BCUT2D eigenvalue weighted by Gasteiger charge is -2.31. The maximum Gasteiger partial charge on any atom is 0.222 e. The first-order chi connectivity index (χ1) is 10.4. The number of sulfone groups is 1. The maximum absolute atomic E-state index is 11.8. The normalized spacial score (nSPS) is 27.3. The number of aliphatic imine (C=N–C) groups is 1. The number of nitrogens with zero attached hydrogens (tertiary/aromatic N) is 2. The van der Waals surface area contributed by atoms with E-state index in [4.69, 9.17) is 5.73 Å². The van der Waals surface area contributed by atoms with E-state index in [2.05, 4.69) is 22.1 Å². The average molecular weight is 458 g/mol. The smallest absolute Gasteiger partial charge is 0.222 e. The molecule has 2 unspecified atom stereocenters. The fourth-order valence-electron chi connectivity index (χ4n) is 2.98. The van der Waals surface area contributed by atoms with E-state index >= 15 is 0 Å². The van der Waals surface area contributed by atoms with Gasteiger partial charge in [-0.3, -0.25) is 9.79 Å². The van der Waals surface area contributed by atoms with Crippen molar-refractivity contribution in [1.82, 2.24) is 10.2 Å². The van der Waals surface area contributed by atoms with Crippen LogP contribution in [0, 0.1) is 5.92 Å². The Labute approximate surface area is 155 Å². The van der Waals surface area contributed by atoms with Crippen molar-refractivity contribution in [2.75, 3.05) is 31.1 Å². The van der Waals surface area contributed by atoms with Gasteiger partial charge in [0.25, 0.3) is 0 Å². The van der Waals surface area contributed by atoms with E-state index in [0.29, 0.717) is 24.8 Å². The van der Waals surface area contributed by atoms with Gasteiger partial charge in [0.1, 0.15) is 0 Å². The van der Waals surface area contributed by atoms with E-state index in [1.165, 1.54) is 6.42 Å². The van der Waals surface area contributed by atoms with Gasteiger partial charge in [-0.15, -0.1) is 24.0 Å². The average Bonchev–Trinajstić information content (AvgIpc) is 2.77. The topological polar surface area (TPSA) is 105 Å². The molecule has 0 saturated carbocycles. The van der Waals surface area contributed by atoms with Crippen molar-refractivity contribution < 1.29 is 13.2 Å². The van der Waals surface area contributed by atoms with Crippen molar-refractivity contribution >= 4 is 45.7 Å². The number of carbonyl (C=O) groups is 1. The largest absolute Gasteiger partial charge is 0.370 e. The summed E-state index contributed by atoms with van der Waals surface area (Å²) in [5.41, 5.74) is 5.96. The first kappa shape index (κ1) is 20.5. The quantitative estimate of drug-likeness (QED) is 0.359. The van der Waals surface area contributed by atoms with E-state index in [-0.39, 0.29) is 53.9 Å². The Morgan fingerprint density at radius 3 is 2.74 bits per heavy atom. The van der Waals surface area contributed by atoms with Crippen LogP contribution in [-0.2, 0) is 14.6 Å². The van der Waals surface area contributed by atoms with Gasteiger partial charge in [0.2, 0.25) is 5.91 Å². The van der Waals surface area contributed by atoms with Crippen LogP contribution in [0.1, 0.15) is 32.6 Å². The van der Waals surface area contributed by atoms with Crippen LogP contribution in [0.5, 0.6) is 0 Å². The minimum atomic E-state index is -2.96. The monoisotopic (exact) mass is 458 g/mol. The van der Waals surface area contributed by atoms with Gasteiger partial charge in [-0.25, -0.2) is 8.42 Å². The molecule has 134 valence electrons. The van der Waals surface area contributed by atoms with Crippen LogP contribution < -0.4 is 11.1 Å². The van der Waals surface area contributed by atoms with Gasteiger partial charge in [0, 0.05) is 25.6 Å². The van der Waals surface area contributed by atoms with Crippen molar-refractivity contribution in [3.8, 4) is 0 Å². The first-order valence-corrected chi connectivity index (χ1v) is 9.72. The summed E-state index contributed by atoms with van der Waals surface area (Å²) in [6.07, 6.45) is 3.08. The molecule has 0 aliphatic carbocycles. The number of piperidine rings is 1. The molecule has 2 heterocycles. The van der Waals surface area contributed by atoms with Crippen LogP contribution in [0.3, 0.4) is 0 Å². The molecular formula is C14H27IN4O3S. The number of amides is 1. The molecule has 0 spiro atoms. The Balaban J connectivity index is 0.00000264. The minimum absolute atomic E-state index is 0. The third-order valence-corrected chi connectivity index (χ3v) is 5.96. The number of hydrogen-bond acceptors (Lipinski definition) is 4. The Bertz CT molecular complexity index is 538. The number of carbonyl (C=O) groups excluding carboxylic acids is 1. The Hall–Kier alpha value is -0.580. The van der Waals surface area contributed by atoms with Gasteiger partial charge in [0.15, 0.2) is 15.8 Å². The summed E-state index contributed by atoms with van der Waals surface area (Å²) in [6, 6.07) is -0.248. The molecule has 2 aliphatic heterocycles. The van der Waals surface area contributed by atoms with Gasteiger partial charge in [-0.05, 0) is 25.2 Å². The zero-order valence-corrected chi connectivity index (χ0v) is 16.7. The highest BCUT2D eigenvalue weighted by atomic mass is 127. The van der Waals surface area contributed by atoms with Gasteiger partial charge in [0.05, 0.1) is 18.1 Å². The first-order valence-electron chi connectivity index (χ1n) is 7.90. The number of halogens is 1. The molecule has 23 heavy (non-hydrogen) atoms. The van der Waals surface area contributed by atoms with Crippen molar-refractivity contribution in [3.05, 3.63) is 0 Å². The lowest BCUT2D eigenvalue weighted by molar-refractivity contribution is -0.121. The van der Waals surface area contributed by atoms with E-state index in [9.17, 15) is 13.2 Å². The summed E-state index contributed by atoms with van der Waals surface area (Å²) >= 11 is 0. The molecule has 1 amide bonds. The fraction of sp³-hybridized carbons (Fsp3) is 0.857. The second kappa shape index (κ2) is 9.05. The highest BCUT2D eigenvalue weighted by molar-refractivity contribution is 14.0. The minimum Gasteiger partial charge on any atom is -0.370 e.